The molecule has 4 rings (SSSR count). The van der Waals surface area contributed by atoms with Crippen molar-refractivity contribution in [2.75, 3.05) is 36.5 Å². The minimum atomic E-state index is -0.130. The van der Waals surface area contributed by atoms with Crippen molar-refractivity contribution in [2.45, 2.75) is 38.3 Å². The van der Waals surface area contributed by atoms with Gasteiger partial charge in [-0.15, -0.1) is 0 Å². The van der Waals surface area contributed by atoms with E-state index in [1.807, 2.05) is 19.1 Å². The van der Waals surface area contributed by atoms with E-state index in [1.165, 1.54) is 23.2 Å². The zero-order valence-electron chi connectivity index (χ0n) is 16.6. The Morgan fingerprint density at radius 1 is 1.14 bits per heavy atom. The van der Waals surface area contributed by atoms with Crippen LogP contribution >= 0.6 is 0 Å². The molecule has 0 radical (unpaired) electrons. The van der Waals surface area contributed by atoms with Gasteiger partial charge in [0.05, 0.1) is 13.2 Å². The summed E-state index contributed by atoms with van der Waals surface area (Å²) >= 11 is 0. The van der Waals surface area contributed by atoms with Crippen LogP contribution in [0.2, 0.25) is 0 Å². The molecule has 3 N–H and O–H groups in total. The quantitative estimate of drug-likeness (QED) is 0.838. The Hall–Kier alpha value is -2.37. The molecule has 28 heavy (non-hydrogen) atoms. The molecule has 1 aliphatic heterocycles. The molecule has 1 amide bonds. The maximum absolute atomic E-state index is 12.7. The molecule has 0 aromatic heterocycles. The first-order chi connectivity index (χ1) is 13.7. The molecule has 148 valence electrons. The van der Waals surface area contributed by atoms with Gasteiger partial charge in [-0.25, -0.2) is 0 Å². The standard InChI is InChI=1S/C23H29N3O2/c1-17(24-22-8-4-6-18-5-2-3-7-21(18)22)23(27)25-19-9-11-20(12-10-19)26-13-15-28-16-14-26/h2-3,5,7,9-12,17,22,24H,4,6,8,13-16H2,1H3,(H,25,27)/p+1/t17-,22-/m0/s1. The lowest BCUT2D eigenvalue weighted by molar-refractivity contribution is -0.714. The van der Waals surface area contributed by atoms with Gasteiger partial charge in [-0.3, -0.25) is 4.79 Å². The fourth-order valence-electron chi connectivity index (χ4n) is 4.26. The first-order valence-electron chi connectivity index (χ1n) is 10.4. The van der Waals surface area contributed by atoms with Crippen LogP contribution in [0.4, 0.5) is 11.4 Å². The van der Waals surface area contributed by atoms with E-state index in [0.717, 1.165) is 44.8 Å². The first-order valence-corrected chi connectivity index (χ1v) is 10.4. The molecule has 0 spiro atoms. The fourth-order valence-corrected chi connectivity index (χ4v) is 4.26. The van der Waals surface area contributed by atoms with Crippen LogP contribution in [0.1, 0.15) is 36.9 Å². The number of ether oxygens (including phenoxy) is 1. The number of benzene rings is 2. The predicted octanol–water partition coefficient (Wildman–Crippen LogP) is 2.49. The number of quaternary nitrogens is 1. The molecule has 5 heteroatoms. The molecule has 1 fully saturated rings. The number of aryl methyl sites for hydroxylation is 1. The molecular weight excluding hydrogens is 350 g/mol. The van der Waals surface area contributed by atoms with Gasteiger partial charge in [0.1, 0.15) is 6.04 Å². The van der Waals surface area contributed by atoms with Crippen LogP contribution in [0, 0.1) is 0 Å². The van der Waals surface area contributed by atoms with E-state index in [2.05, 4.69) is 51.9 Å². The van der Waals surface area contributed by atoms with Crippen molar-refractivity contribution in [3.63, 3.8) is 0 Å². The predicted molar refractivity (Wildman–Crippen MR) is 112 cm³/mol. The number of nitrogens with one attached hydrogen (secondary N) is 1. The summed E-state index contributed by atoms with van der Waals surface area (Å²) in [6, 6.07) is 17.0. The van der Waals surface area contributed by atoms with Crippen molar-refractivity contribution in [3.8, 4) is 0 Å². The number of nitrogens with zero attached hydrogens (tertiary/aromatic N) is 1. The molecule has 2 aromatic carbocycles. The third kappa shape index (κ3) is 4.37. The molecule has 0 saturated carbocycles. The Morgan fingerprint density at radius 3 is 2.68 bits per heavy atom. The summed E-state index contributed by atoms with van der Waals surface area (Å²) < 4.78 is 5.41. The first kappa shape index (κ1) is 19.0. The second-order valence-electron chi connectivity index (χ2n) is 7.81. The molecule has 2 atom stereocenters. The second kappa shape index (κ2) is 8.76. The number of rotatable bonds is 5. The third-order valence-corrected chi connectivity index (χ3v) is 5.86. The van der Waals surface area contributed by atoms with E-state index in [0.29, 0.717) is 6.04 Å². The lowest BCUT2D eigenvalue weighted by Crippen LogP contribution is -2.92. The Morgan fingerprint density at radius 2 is 1.89 bits per heavy atom. The highest BCUT2D eigenvalue weighted by Crippen LogP contribution is 2.26. The van der Waals surface area contributed by atoms with Crippen LogP contribution in [0.3, 0.4) is 0 Å². The molecule has 2 aromatic rings. The van der Waals surface area contributed by atoms with E-state index in [-0.39, 0.29) is 11.9 Å². The summed E-state index contributed by atoms with van der Waals surface area (Å²) in [5, 5.41) is 5.29. The number of carbonyl (C=O) groups excluding carboxylic acids is 1. The number of hydrogen-bond acceptors (Lipinski definition) is 3. The summed E-state index contributed by atoms with van der Waals surface area (Å²) in [5.41, 5.74) is 4.86. The van der Waals surface area contributed by atoms with E-state index < -0.39 is 0 Å². The van der Waals surface area contributed by atoms with Gasteiger partial charge in [-0.1, -0.05) is 24.3 Å². The minimum Gasteiger partial charge on any atom is -0.378 e. The van der Waals surface area contributed by atoms with Crippen molar-refractivity contribution in [2.24, 2.45) is 0 Å². The minimum absolute atomic E-state index is 0.0576. The van der Waals surface area contributed by atoms with Crippen molar-refractivity contribution in [3.05, 3.63) is 59.7 Å². The molecule has 2 aliphatic rings. The summed E-state index contributed by atoms with van der Waals surface area (Å²) in [5.74, 6) is 0.0576. The van der Waals surface area contributed by atoms with E-state index >= 15 is 0 Å². The van der Waals surface area contributed by atoms with Crippen molar-refractivity contribution >= 4 is 17.3 Å². The fraction of sp³-hybridized carbons (Fsp3) is 0.435. The average Bonchev–Trinajstić information content (AvgIpc) is 2.75. The molecule has 1 aliphatic carbocycles. The van der Waals surface area contributed by atoms with Gasteiger partial charge in [0, 0.05) is 36.4 Å². The van der Waals surface area contributed by atoms with Crippen molar-refractivity contribution < 1.29 is 14.8 Å². The highest BCUT2D eigenvalue weighted by atomic mass is 16.5. The van der Waals surface area contributed by atoms with Gasteiger partial charge < -0.3 is 20.3 Å². The van der Waals surface area contributed by atoms with Crippen molar-refractivity contribution in [1.29, 1.82) is 0 Å². The average molecular weight is 381 g/mol. The molecule has 0 bridgehead atoms. The zero-order chi connectivity index (χ0) is 19.3. The highest BCUT2D eigenvalue weighted by molar-refractivity contribution is 5.93. The summed E-state index contributed by atoms with van der Waals surface area (Å²) in [6.45, 7) is 5.38. The summed E-state index contributed by atoms with van der Waals surface area (Å²) in [4.78, 5) is 15.0. The maximum atomic E-state index is 12.7. The van der Waals surface area contributed by atoms with Crippen LogP contribution < -0.4 is 15.5 Å². The highest BCUT2D eigenvalue weighted by Gasteiger charge is 2.27. The van der Waals surface area contributed by atoms with Gasteiger partial charge in [-0.2, -0.15) is 0 Å². The number of hydrogen-bond donors (Lipinski definition) is 2. The Kier molecular flexibility index (Phi) is 5.93. The largest absolute Gasteiger partial charge is 0.378 e. The monoisotopic (exact) mass is 380 g/mol. The number of morpholine rings is 1. The molecule has 1 saturated heterocycles. The van der Waals surface area contributed by atoms with Crippen LogP contribution in [-0.4, -0.2) is 38.3 Å². The van der Waals surface area contributed by atoms with Crippen LogP contribution in [-0.2, 0) is 16.0 Å². The smallest absolute Gasteiger partial charge is 0.282 e. The SMILES string of the molecule is C[C@H]([NH2+][C@H]1CCCc2ccccc21)C(=O)Nc1ccc(N2CCOCC2)cc1. The van der Waals surface area contributed by atoms with Crippen molar-refractivity contribution in [1.82, 2.24) is 0 Å². The number of nitrogens with two attached hydrogens (primary N) is 1. The molecule has 1 heterocycles. The second-order valence-corrected chi connectivity index (χ2v) is 7.81. The molecule has 5 nitrogen and oxygen atoms in total. The van der Waals surface area contributed by atoms with E-state index in [4.69, 9.17) is 4.74 Å². The Bertz CT molecular complexity index is 800. The molecular formula is C23H30N3O2+. The van der Waals surface area contributed by atoms with E-state index in [9.17, 15) is 4.79 Å². The Balaban J connectivity index is 1.34. The van der Waals surface area contributed by atoms with Gasteiger partial charge in [0.25, 0.3) is 5.91 Å². The van der Waals surface area contributed by atoms with Crippen LogP contribution in [0.5, 0.6) is 0 Å². The third-order valence-electron chi connectivity index (χ3n) is 5.86. The molecule has 0 unspecified atom stereocenters. The van der Waals surface area contributed by atoms with Gasteiger partial charge >= 0.3 is 0 Å². The number of fused-ring (bicyclic) bond motifs is 1. The van der Waals surface area contributed by atoms with Gasteiger partial charge in [0.2, 0.25) is 0 Å². The number of carbonyl (C=O) groups is 1. The number of anilines is 2. The summed E-state index contributed by atoms with van der Waals surface area (Å²) in [7, 11) is 0. The van der Waals surface area contributed by atoms with Crippen LogP contribution in [0.25, 0.3) is 0 Å². The normalized spacial score (nSPS) is 20.3. The maximum Gasteiger partial charge on any atom is 0.282 e. The Labute approximate surface area is 167 Å². The van der Waals surface area contributed by atoms with Crippen LogP contribution in [0.15, 0.2) is 48.5 Å². The van der Waals surface area contributed by atoms with E-state index in [1.54, 1.807) is 0 Å². The van der Waals surface area contributed by atoms with Gasteiger partial charge in [0.15, 0.2) is 6.04 Å². The number of amides is 1. The zero-order valence-corrected chi connectivity index (χ0v) is 16.6. The van der Waals surface area contributed by atoms with Gasteiger partial charge in [-0.05, 0) is 49.6 Å². The lowest BCUT2D eigenvalue weighted by Gasteiger charge is -2.29. The lowest BCUT2D eigenvalue weighted by atomic mass is 9.87. The topological polar surface area (TPSA) is 58.2 Å². The summed E-state index contributed by atoms with van der Waals surface area (Å²) in [6.07, 6.45) is 3.47.